The highest BCUT2D eigenvalue weighted by molar-refractivity contribution is 5.98. The first-order chi connectivity index (χ1) is 9.08. The maximum absolute atomic E-state index is 11.3. The number of carboxylic acid groups (broad SMARTS) is 1. The van der Waals surface area contributed by atoms with Gasteiger partial charge in [0.2, 0.25) is 0 Å². The van der Waals surface area contributed by atoms with Crippen LogP contribution < -0.4 is 4.74 Å². The lowest BCUT2D eigenvalue weighted by Gasteiger charge is -2.10. The predicted molar refractivity (Wildman–Crippen MR) is 68.4 cm³/mol. The molecule has 0 aromatic carbocycles. The van der Waals surface area contributed by atoms with Crippen molar-refractivity contribution >= 4 is 17.0 Å². The van der Waals surface area contributed by atoms with Gasteiger partial charge in [-0.25, -0.2) is 9.78 Å². The number of hydrogen-bond acceptors (Lipinski definition) is 4. The van der Waals surface area contributed by atoms with E-state index in [4.69, 9.17) is 4.74 Å². The molecule has 0 bridgehead atoms. The highest BCUT2D eigenvalue weighted by Gasteiger charge is 2.25. The molecule has 0 radical (unpaired) electrons. The molecule has 0 saturated heterocycles. The number of aromatic carboxylic acids is 1. The van der Waals surface area contributed by atoms with Crippen LogP contribution in [-0.4, -0.2) is 32.4 Å². The van der Waals surface area contributed by atoms with Crippen LogP contribution in [0.5, 0.6) is 5.75 Å². The van der Waals surface area contributed by atoms with Crippen molar-refractivity contribution in [2.24, 2.45) is 13.0 Å². The molecule has 0 unspecified atom stereocenters. The van der Waals surface area contributed by atoms with E-state index >= 15 is 0 Å². The zero-order valence-corrected chi connectivity index (χ0v) is 10.9. The maximum Gasteiger partial charge on any atom is 0.341 e. The summed E-state index contributed by atoms with van der Waals surface area (Å²) in [5.41, 5.74) is 1.48. The summed E-state index contributed by atoms with van der Waals surface area (Å²) in [4.78, 5) is 15.5. The molecule has 19 heavy (non-hydrogen) atoms. The molecule has 1 fully saturated rings. The second-order valence-electron chi connectivity index (χ2n) is 4.97. The summed E-state index contributed by atoms with van der Waals surface area (Å²) in [6.07, 6.45) is 3.65. The molecular weight excluding hydrogens is 246 g/mol. The zero-order chi connectivity index (χ0) is 13.6. The van der Waals surface area contributed by atoms with Gasteiger partial charge in [0.15, 0.2) is 5.65 Å². The summed E-state index contributed by atoms with van der Waals surface area (Å²) in [5.74, 6) is -0.0692. The molecule has 2 heterocycles. The molecule has 100 valence electrons. The van der Waals surface area contributed by atoms with E-state index in [1.54, 1.807) is 11.7 Å². The molecule has 0 amide bonds. The lowest BCUT2D eigenvalue weighted by Crippen LogP contribution is -2.07. The third-order valence-electron chi connectivity index (χ3n) is 3.37. The van der Waals surface area contributed by atoms with Gasteiger partial charge in [-0.2, -0.15) is 5.10 Å². The van der Waals surface area contributed by atoms with Gasteiger partial charge in [0.05, 0.1) is 17.7 Å². The van der Waals surface area contributed by atoms with Crippen molar-refractivity contribution in [3.63, 3.8) is 0 Å². The van der Waals surface area contributed by atoms with Crippen molar-refractivity contribution in [2.75, 3.05) is 6.61 Å². The highest BCUT2D eigenvalue weighted by Crippen LogP contribution is 2.34. The van der Waals surface area contributed by atoms with E-state index in [-0.39, 0.29) is 5.56 Å². The third-order valence-corrected chi connectivity index (χ3v) is 3.37. The molecule has 6 heteroatoms. The number of carboxylic acids is 1. The summed E-state index contributed by atoms with van der Waals surface area (Å²) in [5, 5.41) is 14.2. The normalized spacial score (nSPS) is 14.8. The average molecular weight is 261 g/mol. The molecule has 1 N–H and O–H groups in total. The molecule has 3 rings (SSSR count). The number of aryl methyl sites for hydroxylation is 2. The summed E-state index contributed by atoms with van der Waals surface area (Å²) in [7, 11) is 1.79. The zero-order valence-electron chi connectivity index (χ0n) is 10.9. The van der Waals surface area contributed by atoms with Gasteiger partial charge in [0, 0.05) is 13.2 Å². The summed E-state index contributed by atoms with van der Waals surface area (Å²) in [6.45, 7) is 2.40. The Labute approximate surface area is 110 Å². The van der Waals surface area contributed by atoms with Crippen LogP contribution in [0, 0.1) is 12.8 Å². The number of nitrogens with zero attached hydrogens (tertiary/aromatic N) is 3. The largest absolute Gasteiger partial charge is 0.491 e. The SMILES string of the molecule is Cc1nn(C)c2ncc(C(=O)O)c(OCC3CC3)c12. The van der Waals surface area contributed by atoms with Crippen molar-refractivity contribution in [3.8, 4) is 5.75 Å². The van der Waals surface area contributed by atoms with Crippen LogP contribution >= 0.6 is 0 Å². The number of pyridine rings is 1. The topological polar surface area (TPSA) is 77.2 Å². The van der Waals surface area contributed by atoms with Gasteiger partial charge in [-0.05, 0) is 25.7 Å². The van der Waals surface area contributed by atoms with Crippen LogP contribution in [0.15, 0.2) is 6.20 Å². The summed E-state index contributed by atoms with van der Waals surface area (Å²) < 4.78 is 7.39. The Kier molecular flexibility index (Phi) is 2.66. The standard InChI is InChI=1S/C13H15N3O3/c1-7-10-11(19-6-8-3-4-8)9(13(17)18)5-14-12(10)16(2)15-7/h5,8H,3-4,6H2,1-2H3,(H,17,18). The van der Waals surface area contributed by atoms with E-state index < -0.39 is 5.97 Å². The van der Waals surface area contributed by atoms with E-state index in [0.29, 0.717) is 29.3 Å². The lowest BCUT2D eigenvalue weighted by molar-refractivity contribution is 0.0692. The van der Waals surface area contributed by atoms with E-state index in [2.05, 4.69) is 10.1 Å². The molecular formula is C13H15N3O3. The van der Waals surface area contributed by atoms with E-state index in [0.717, 1.165) is 18.5 Å². The molecule has 6 nitrogen and oxygen atoms in total. The Hall–Kier alpha value is -2.11. The molecule has 0 aliphatic heterocycles. The van der Waals surface area contributed by atoms with Gasteiger partial charge in [-0.3, -0.25) is 4.68 Å². The number of rotatable bonds is 4. The second-order valence-corrected chi connectivity index (χ2v) is 4.97. The van der Waals surface area contributed by atoms with Crippen LogP contribution in [0.3, 0.4) is 0 Å². The van der Waals surface area contributed by atoms with Crippen LogP contribution in [0.25, 0.3) is 11.0 Å². The van der Waals surface area contributed by atoms with Crippen molar-refractivity contribution in [1.82, 2.24) is 14.8 Å². The quantitative estimate of drug-likeness (QED) is 0.907. The minimum absolute atomic E-state index is 0.101. The fourth-order valence-corrected chi connectivity index (χ4v) is 2.17. The Balaban J connectivity index is 2.15. The van der Waals surface area contributed by atoms with Crippen molar-refractivity contribution in [1.29, 1.82) is 0 Å². The molecule has 1 aliphatic rings. The fraction of sp³-hybridized carbons (Fsp3) is 0.462. The van der Waals surface area contributed by atoms with Gasteiger partial charge in [-0.1, -0.05) is 0 Å². The Morgan fingerprint density at radius 3 is 2.95 bits per heavy atom. The van der Waals surface area contributed by atoms with Crippen LogP contribution in [-0.2, 0) is 7.05 Å². The molecule has 1 saturated carbocycles. The first-order valence-corrected chi connectivity index (χ1v) is 6.26. The third kappa shape index (κ3) is 2.03. The van der Waals surface area contributed by atoms with Crippen molar-refractivity contribution in [3.05, 3.63) is 17.5 Å². The van der Waals surface area contributed by atoms with Crippen LogP contribution in [0.2, 0.25) is 0 Å². The van der Waals surface area contributed by atoms with Crippen LogP contribution in [0.1, 0.15) is 28.9 Å². The monoisotopic (exact) mass is 261 g/mol. The lowest BCUT2D eigenvalue weighted by atomic mass is 10.1. The van der Waals surface area contributed by atoms with Gasteiger partial charge < -0.3 is 9.84 Å². The number of hydrogen-bond donors (Lipinski definition) is 1. The summed E-state index contributed by atoms with van der Waals surface area (Å²) >= 11 is 0. The average Bonchev–Trinajstić information content (AvgIpc) is 3.13. The second kappa shape index (κ2) is 4.22. The molecule has 2 aromatic rings. The Bertz CT molecular complexity index is 659. The highest BCUT2D eigenvalue weighted by atomic mass is 16.5. The first-order valence-electron chi connectivity index (χ1n) is 6.26. The van der Waals surface area contributed by atoms with Gasteiger partial charge in [0.25, 0.3) is 0 Å². The van der Waals surface area contributed by atoms with Crippen LogP contribution in [0.4, 0.5) is 0 Å². The minimum Gasteiger partial charge on any atom is -0.491 e. The smallest absolute Gasteiger partial charge is 0.341 e. The van der Waals surface area contributed by atoms with Gasteiger partial charge in [0.1, 0.15) is 11.3 Å². The van der Waals surface area contributed by atoms with Crippen molar-refractivity contribution in [2.45, 2.75) is 19.8 Å². The number of aromatic nitrogens is 3. The van der Waals surface area contributed by atoms with Gasteiger partial charge >= 0.3 is 5.97 Å². The minimum atomic E-state index is -1.02. The predicted octanol–water partition coefficient (Wildman–Crippen LogP) is 1.76. The number of fused-ring (bicyclic) bond motifs is 1. The molecule has 0 atom stereocenters. The fourth-order valence-electron chi connectivity index (χ4n) is 2.17. The maximum atomic E-state index is 11.3. The Morgan fingerprint density at radius 1 is 1.58 bits per heavy atom. The van der Waals surface area contributed by atoms with Crippen molar-refractivity contribution < 1.29 is 14.6 Å². The number of carbonyl (C=O) groups is 1. The molecule has 0 spiro atoms. The van der Waals surface area contributed by atoms with Gasteiger partial charge in [-0.15, -0.1) is 0 Å². The molecule has 1 aliphatic carbocycles. The van der Waals surface area contributed by atoms with E-state index in [9.17, 15) is 9.90 Å². The van der Waals surface area contributed by atoms with E-state index in [1.165, 1.54) is 6.20 Å². The Morgan fingerprint density at radius 2 is 2.32 bits per heavy atom. The molecule has 2 aromatic heterocycles. The van der Waals surface area contributed by atoms with E-state index in [1.807, 2.05) is 6.92 Å². The number of ether oxygens (including phenoxy) is 1. The summed E-state index contributed by atoms with van der Waals surface area (Å²) in [6, 6.07) is 0. The first kappa shape index (κ1) is 12.0.